The van der Waals surface area contributed by atoms with Gasteiger partial charge in [-0.2, -0.15) is 0 Å². The first kappa shape index (κ1) is 15.9. The highest BCUT2D eigenvalue weighted by Gasteiger charge is 2.27. The second kappa shape index (κ2) is 8.06. The summed E-state index contributed by atoms with van der Waals surface area (Å²) < 4.78 is 0. The molecule has 0 saturated heterocycles. The lowest BCUT2D eigenvalue weighted by molar-refractivity contribution is -0.145. The van der Waals surface area contributed by atoms with Gasteiger partial charge in [0.05, 0.1) is 6.10 Å². The summed E-state index contributed by atoms with van der Waals surface area (Å²) in [6.45, 7) is 5.30. The zero-order valence-corrected chi connectivity index (χ0v) is 10.8. The van der Waals surface area contributed by atoms with Crippen molar-refractivity contribution in [3.05, 3.63) is 0 Å². The molecule has 0 aromatic carbocycles. The van der Waals surface area contributed by atoms with Gasteiger partial charge in [0.2, 0.25) is 5.91 Å². The van der Waals surface area contributed by atoms with E-state index >= 15 is 0 Å². The summed E-state index contributed by atoms with van der Waals surface area (Å²) in [6, 6.07) is -1.22. The Morgan fingerprint density at radius 1 is 1.29 bits per heavy atom. The number of unbranched alkanes of at least 4 members (excludes halogenated alkanes) is 1. The largest absolute Gasteiger partial charge is 0.480 e. The summed E-state index contributed by atoms with van der Waals surface area (Å²) in [5, 5.41) is 20.5. The Morgan fingerprint density at radius 3 is 2.24 bits per heavy atom. The highest BCUT2D eigenvalue weighted by atomic mass is 16.4. The van der Waals surface area contributed by atoms with Crippen LogP contribution in [-0.4, -0.2) is 34.2 Å². The molecule has 0 aliphatic heterocycles. The maximum Gasteiger partial charge on any atom is 0.328 e. The zero-order chi connectivity index (χ0) is 13.4. The van der Waals surface area contributed by atoms with Crippen LogP contribution in [0.2, 0.25) is 0 Å². The average Bonchev–Trinajstić information content (AvgIpc) is 2.26. The van der Waals surface area contributed by atoms with Crippen LogP contribution in [0.15, 0.2) is 0 Å². The van der Waals surface area contributed by atoms with Crippen molar-refractivity contribution < 1.29 is 19.8 Å². The Kier molecular flexibility index (Phi) is 7.54. The summed E-state index contributed by atoms with van der Waals surface area (Å²) in [5.74, 6) is -1.66. The molecule has 0 rings (SSSR count). The van der Waals surface area contributed by atoms with Crippen LogP contribution in [0, 0.1) is 5.92 Å². The molecule has 0 aromatic heterocycles. The number of rotatable bonds is 8. The number of carboxylic acids is 1. The minimum absolute atomic E-state index is 0.171. The molecule has 0 bridgehead atoms. The van der Waals surface area contributed by atoms with Gasteiger partial charge in [0.25, 0.3) is 0 Å². The van der Waals surface area contributed by atoms with Crippen LogP contribution in [0.1, 0.15) is 46.5 Å². The normalized spacial score (nSPS) is 16.0. The molecule has 5 heteroatoms. The molecule has 100 valence electrons. The monoisotopic (exact) mass is 245 g/mol. The molecular formula is C12H23NO4. The van der Waals surface area contributed by atoms with Crippen molar-refractivity contribution in [1.82, 2.24) is 5.32 Å². The minimum atomic E-state index is -1.22. The van der Waals surface area contributed by atoms with Gasteiger partial charge in [-0.05, 0) is 19.8 Å². The number of hydrogen-bond acceptors (Lipinski definition) is 3. The molecule has 3 unspecified atom stereocenters. The summed E-state index contributed by atoms with van der Waals surface area (Å²) in [4.78, 5) is 22.6. The number of hydrogen-bond donors (Lipinski definition) is 3. The molecule has 0 aliphatic rings. The fourth-order valence-electron chi connectivity index (χ4n) is 1.63. The Bertz CT molecular complexity index is 253. The number of aliphatic carboxylic acids is 1. The molecule has 5 nitrogen and oxygen atoms in total. The lowest BCUT2D eigenvalue weighted by Crippen LogP contribution is -2.49. The summed E-state index contributed by atoms with van der Waals surface area (Å²) in [5.41, 5.74) is 0. The van der Waals surface area contributed by atoms with E-state index in [1.807, 2.05) is 13.8 Å². The minimum Gasteiger partial charge on any atom is -0.480 e. The Hall–Kier alpha value is -1.10. The van der Waals surface area contributed by atoms with Crippen molar-refractivity contribution in [1.29, 1.82) is 0 Å². The third-order valence-electron chi connectivity index (χ3n) is 2.82. The van der Waals surface area contributed by atoms with E-state index in [-0.39, 0.29) is 11.8 Å². The molecule has 3 atom stereocenters. The van der Waals surface area contributed by atoms with Gasteiger partial charge in [0.1, 0.15) is 0 Å². The number of amides is 1. The maximum absolute atomic E-state index is 11.8. The first-order chi connectivity index (χ1) is 7.93. The standard InChI is InChI=1S/C12H23NO4/c1-4-6-7-9(5-2)11(15)13-10(8(3)14)12(16)17/h8-10,14H,4-7H2,1-3H3,(H,13,15)(H,16,17). The fraction of sp³-hybridized carbons (Fsp3) is 0.833. The van der Waals surface area contributed by atoms with Crippen LogP contribution in [0.5, 0.6) is 0 Å². The highest BCUT2D eigenvalue weighted by Crippen LogP contribution is 2.13. The van der Waals surface area contributed by atoms with Crippen LogP contribution < -0.4 is 5.32 Å². The van der Waals surface area contributed by atoms with Gasteiger partial charge in [0, 0.05) is 5.92 Å². The van der Waals surface area contributed by atoms with Crippen LogP contribution in [0.4, 0.5) is 0 Å². The lowest BCUT2D eigenvalue weighted by Gasteiger charge is -2.21. The highest BCUT2D eigenvalue weighted by molar-refractivity contribution is 5.85. The van der Waals surface area contributed by atoms with Crippen LogP contribution >= 0.6 is 0 Å². The Morgan fingerprint density at radius 2 is 1.88 bits per heavy atom. The third-order valence-corrected chi connectivity index (χ3v) is 2.82. The van der Waals surface area contributed by atoms with Gasteiger partial charge >= 0.3 is 5.97 Å². The molecule has 0 heterocycles. The predicted molar refractivity (Wildman–Crippen MR) is 64.6 cm³/mol. The lowest BCUT2D eigenvalue weighted by atomic mass is 9.98. The van der Waals surface area contributed by atoms with Gasteiger partial charge in [-0.25, -0.2) is 4.79 Å². The van der Waals surface area contributed by atoms with Gasteiger partial charge in [-0.1, -0.05) is 26.7 Å². The first-order valence-electron chi connectivity index (χ1n) is 6.15. The zero-order valence-electron chi connectivity index (χ0n) is 10.8. The topological polar surface area (TPSA) is 86.6 Å². The summed E-state index contributed by atoms with van der Waals surface area (Å²) in [6.07, 6.45) is 2.28. The van der Waals surface area contributed by atoms with E-state index in [4.69, 9.17) is 5.11 Å². The predicted octanol–water partition coefficient (Wildman–Crippen LogP) is 1.15. The van der Waals surface area contributed by atoms with E-state index in [1.54, 1.807) is 0 Å². The maximum atomic E-state index is 11.8. The van der Waals surface area contributed by atoms with Crippen molar-refractivity contribution in [3.8, 4) is 0 Å². The smallest absolute Gasteiger partial charge is 0.328 e. The fourth-order valence-corrected chi connectivity index (χ4v) is 1.63. The summed E-state index contributed by atoms with van der Waals surface area (Å²) >= 11 is 0. The van der Waals surface area contributed by atoms with Crippen molar-refractivity contribution in [2.24, 2.45) is 5.92 Å². The molecule has 0 aromatic rings. The van der Waals surface area contributed by atoms with Crippen molar-refractivity contribution in [3.63, 3.8) is 0 Å². The van der Waals surface area contributed by atoms with Crippen molar-refractivity contribution >= 4 is 11.9 Å². The first-order valence-corrected chi connectivity index (χ1v) is 6.15. The van der Waals surface area contributed by atoms with Gasteiger partial charge < -0.3 is 15.5 Å². The molecule has 0 radical (unpaired) electrons. The van der Waals surface area contributed by atoms with E-state index in [0.717, 1.165) is 19.3 Å². The molecule has 0 fully saturated rings. The quantitative estimate of drug-likeness (QED) is 0.598. The third kappa shape index (κ3) is 5.68. The van der Waals surface area contributed by atoms with Crippen LogP contribution in [0.25, 0.3) is 0 Å². The number of carbonyl (C=O) groups is 2. The number of carbonyl (C=O) groups excluding carboxylic acids is 1. The number of nitrogens with one attached hydrogen (secondary N) is 1. The van der Waals surface area contributed by atoms with Crippen LogP contribution in [0.3, 0.4) is 0 Å². The van der Waals surface area contributed by atoms with Gasteiger partial charge in [-0.3, -0.25) is 4.79 Å². The Balaban J connectivity index is 4.41. The second-order valence-corrected chi connectivity index (χ2v) is 4.31. The van der Waals surface area contributed by atoms with E-state index < -0.39 is 18.1 Å². The molecule has 3 N–H and O–H groups in total. The molecule has 0 spiro atoms. The number of aliphatic hydroxyl groups is 1. The van der Waals surface area contributed by atoms with E-state index in [0.29, 0.717) is 6.42 Å². The number of aliphatic hydroxyl groups excluding tert-OH is 1. The Labute approximate surface area is 102 Å². The SMILES string of the molecule is CCCCC(CC)C(=O)NC(C(=O)O)C(C)O. The number of carboxylic acid groups (broad SMARTS) is 1. The average molecular weight is 245 g/mol. The van der Waals surface area contributed by atoms with Gasteiger partial charge in [-0.15, -0.1) is 0 Å². The van der Waals surface area contributed by atoms with Crippen molar-refractivity contribution in [2.45, 2.75) is 58.6 Å². The molecule has 1 amide bonds. The van der Waals surface area contributed by atoms with Crippen LogP contribution in [-0.2, 0) is 9.59 Å². The molecule has 0 saturated carbocycles. The van der Waals surface area contributed by atoms with E-state index in [1.165, 1.54) is 6.92 Å². The van der Waals surface area contributed by atoms with Gasteiger partial charge in [0.15, 0.2) is 6.04 Å². The molecular weight excluding hydrogens is 222 g/mol. The second-order valence-electron chi connectivity index (χ2n) is 4.31. The van der Waals surface area contributed by atoms with E-state index in [2.05, 4.69) is 5.32 Å². The summed E-state index contributed by atoms with van der Waals surface area (Å²) in [7, 11) is 0. The molecule has 17 heavy (non-hydrogen) atoms. The van der Waals surface area contributed by atoms with Crippen molar-refractivity contribution in [2.75, 3.05) is 0 Å². The van der Waals surface area contributed by atoms with E-state index in [9.17, 15) is 14.7 Å². The molecule has 0 aliphatic carbocycles.